The summed E-state index contributed by atoms with van der Waals surface area (Å²) in [5, 5.41) is 12.7. The number of nitrogens with one attached hydrogen (secondary N) is 1. The highest BCUT2D eigenvalue weighted by Crippen LogP contribution is 2.48. The highest BCUT2D eigenvalue weighted by Gasteiger charge is 2.55. The van der Waals surface area contributed by atoms with Gasteiger partial charge in [-0.15, -0.1) is 0 Å². The van der Waals surface area contributed by atoms with Crippen molar-refractivity contribution in [2.75, 3.05) is 13.1 Å². The van der Waals surface area contributed by atoms with Crippen LogP contribution in [0.3, 0.4) is 0 Å². The molecule has 2 N–H and O–H groups in total. The Bertz CT molecular complexity index is 684. The van der Waals surface area contributed by atoms with Crippen LogP contribution in [0.5, 0.6) is 0 Å². The summed E-state index contributed by atoms with van der Waals surface area (Å²) in [6.07, 6.45) is 2.36. The number of rotatable bonds is 3. The van der Waals surface area contributed by atoms with Crippen LogP contribution in [0.2, 0.25) is 5.02 Å². The molecule has 0 bridgehead atoms. The molecule has 1 aromatic carbocycles. The van der Waals surface area contributed by atoms with Gasteiger partial charge in [-0.3, -0.25) is 4.79 Å². The fourth-order valence-corrected chi connectivity index (χ4v) is 4.33. The maximum absolute atomic E-state index is 13.1. The van der Waals surface area contributed by atoms with Gasteiger partial charge in [0.25, 0.3) is 0 Å². The second kappa shape index (κ2) is 6.24. The fraction of sp³-hybridized carbons (Fsp3) is 0.529. The first-order valence-electron chi connectivity index (χ1n) is 8.07. The molecule has 0 radical (unpaired) electrons. The van der Waals surface area contributed by atoms with Crippen LogP contribution >= 0.6 is 11.6 Å². The van der Waals surface area contributed by atoms with E-state index in [9.17, 15) is 19.1 Å². The van der Waals surface area contributed by atoms with Crippen LogP contribution in [0.4, 0.5) is 9.18 Å². The van der Waals surface area contributed by atoms with Crippen molar-refractivity contribution in [2.24, 2.45) is 11.3 Å². The Labute approximate surface area is 144 Å². The van der Waals surface area contributed by atoms with E-state index in [1.165, 1.54) is 12.1 Å². The first kappa shape index (κ1) is 17.0. The monoisotopic (exact) mass is 354 g/mol. The summed E-state index contributed by atoms with van der Waals surface area (Å²) in [5.41, 5.74) is -0.174. The van der Waals surface area contributed by atoms with E-state index < -0.39 is 23.2 Å². The quantitative estimate of drug-likeness (QED) is 0.873. The molecule has 3 atom stereocenters. The summed E-state index contributed by atoms with van der Waals surface area (Å²) < 4.78 is 13.1. The van der Waals surface area contributed by atoms with Crippen molar-refractivity contribution >= 4 is 23.6 Å². The minimum atomic E-state index is -0.810. The molecule has 1 saturated carbocycles. The third-order valence-corrected chi connectivity index (χ3v) is 5.68. The van der Waals surface area contributed by atoms with Gasteiger partial charge in [-0.25, -0.2) is 9.18 Å². The predicted octanol–water partition coefficient (Wildman–Crippen LogP) is 3.44. The van der Waals surface area contributed by atoms with Crippen molar-refractivity contribution in [3.05, 3.63) is 34.6 Å². The van der Waals surface area contributed by atoms with Gasteiger partial charge in [0.05, 0.1) is 11.5 Å². The number of likely N-dealkylation sites (tertiary alicyclic amines) is 1. The van der Waals surface area contributed by atoms with Gasteiger partial charge < -0.3 is 15.3 Å². The van der Waals surface area contributed by atoms with Crippen LogP contribution in [0, 0.1) is 17.2 Å². The first-order valence-corrected chi connectivity index (χ1v) is 8.45. The zero-order valence-electron chi connectivity index (χ0n) is 13.4. The van der Waals surface area contributed by atoms with E-state index in [4.69, 9.17) is 11.6 Å². The number of halogens is 2. The van der Waals surface area contributed by atoms with E-state index >= 15 is 0 Å². The number of carbonyl (C=O) groups excluding carboxylic acids is 1. The Morgan fingerprint density at radius 1 is 1.50 bits per heavy atom. The van der Waals surface area contributed by atoms with Gasteiger partial charge in [-0.2, -0.15) is 0 Å². The van der Waals surface area contributed by atoms with E-state index in [1.54, 1.807) is 17.9 Å². The molecule has 1 heterocycles. The molecule has 1 saturated heterocycles. The molecule has 7 heteroatoms. The minimum absolute atomic E-state index is 0.0189. The summed E-state index contributed by atoms with van der Waals surface area (Å²) >= 11 is 6.03. The summed E-state index contributed by atoms with van der Waals surface area (Å²) in [6.45, 7) is 2.46. The third-order valence-electron chi connectivity index (χ3n) is 5.35. The molecule has 130 valence electrons. The summed E-state index contributed by atoms with van der Waals surface area (Å²) in [4.78, 5) is 25.8. The lowest BCUT2D eigenvalue weighted by Gasteiger charge is -2.25. The predicted molar refractivity (Wildman–Crippen MR) is 87.3 cm³/mol. The molecule has 5 nitrogen and oxygen atoms in total. The number of aliphatic carboxylic acids is 1. The van der Waals surface area contributed by atoms with E-state index in [1.807, 2.05) is 0 Å². The van der Waals surface area contributed by atoms with Gasteiger partial charge in [0, 0.05) is 18.1 Å². The molecular weight excluding hydrogens is 335 g/mol. The normalized spacial score (nSPS) is 27.0. The van der Waals surface area contributed by atoms with Gasteiger partial charge in [0.15, 0.2) is 0 Å². The Morgan fingerprint density at radius 3 is 2.88 bits per heavy atom. The molecule has 2 amide bonds. The van der Waals surface area contributed by atoms with E-state index in [2.05, 4.69) is 5.32 Å². The summed E-state index contributed by atoms with van der Waals surface area (Å²) in [7, 11) is 0. The lowest BCUT2D eigenvalue weighted by atomic mass is 9.81. The Hall–Kier alpha value is -1.82. The highest BCUT2D eigenvalue weighted by atomic mass is 35.5. The maximum Gasteiger partial charge on any atom is 0.317 e. The first-order chi connectivity index (χ1) is 11.3. The van der Waals surface area contributed by atoms with Crippen LogP contribution in [0.25, 0.3) is 0 Å². The van der Waals surface area contributed by atoms with Gasteiger partial charge in [-0.05, 0) is 43.4 Å². The molecule has 1 aliphatic heterocycles. The average molecular weight is 355 g/mol. The van der Waals surface area contributed by atoms with Gasteiger partial charge in [0.1, 0.15) is 5.82 Å². The topological polar surface area (TPSA) is 69.6 Å². The number of hydrogen-bond acceptors (Lipinski definition) is 2. The molecular formula is C17H20ClFN2O3. The number of nitrogens with zero attached hydrogens (tertiary/aromatic N) is 1. The molecule has 1 aliphatic carbocycles. The van der Waals surface area contributed by atoms with Crippen LogP contribution in [-0.2, 0) is 4.79 Å². The molecule has 2 fully saturated rings. The van der Waals surface area contributed by atoms with Crippen molar-refractivity contribution < 1.29 is 19.1 Å². The SMILES string of the molecule is C[C@@H](NC(=O)N1C[C@@H]2CCC[C@@]2(C(=O)O)C1)c1ccc(F)cc1Cl. The minimum Gasteiger partial charge on any atom is -0.481 e. The van der Waals surface area contributed by atoms with E-state index in [0.717, 1.165) is 12.8 Å². The van der Waals surface area contributed by atoms with Crippen molar-refractivity contribution in [1.29, 1.82) is 0 Å². The summed E-state index contributed by atoms with van der Waals surface area (Å²) in [6, 6.07) is 3.34. The van der Waals surface area contributed by atoms with Crippen LogP contribution in [0.15, 0.2) is 18.2 Å². The van der Waals surface area contributed by atoms with Crippen molar-refractivity contribution in [3.8, 4) is 0 Å². The third kappa shape index (κ3) is 2.83. The van der Waals surface area contributed by atoms with Crippen molar-refractivity contribution in [2.45, 2.75) is 32.2 Å². The van der Waals surface area contributed by atoms with Crippen LogP contribution in [-0.4, -0.2) is 35.1 Å². The number of carboxylic acid groups (broad SMARTS) is 1. The molecule has 0 spiro atoms. The molecule has 0 aromatic heterocycles. The number of carbonyl (C=O) groups is 2. The van der Waals surface area contributed by atoms with Gasteiger partial charge in [-0.1, -0.05) is 24.1 Å². The second-order valence-electron chi connectivity index (χ2n) is 6.77. The second-order valence-corrected chi connectivity index (χ2v) is 7.18. The zero-order valence-corrected chi connectivity index (χ0v) is 14.1. The lowest BCUT2D eigenvalue weighted by molar-refractivity contribution is -0.149. The molecule has 24 heavy (non-hydrogen) atoms. The van der Waals surface area contributed by atoms with Crippen molar-refractivity contribution in [1.82, 2.24) is 10.2 Å². The molecule has 1 aromatic rings. The average Bonchev–Trinajstić information content (AvgIpc) is 3.04. The van der Waals surface area contributed by atoms with E-state index in [-0.39, 0.29) is 23.5 Å². The van der Waals surface area contributed by atoms with E-state index in [0.29, 0.717) is 18.5 Å². The molecule has 3 rings (SSSR count). The largest absolute Gasteiger partial charge is 0.481 e. The lowest BCUT2D eigenvalue weighted by Crippen LogP contribution is -2.42. The summed E-state index contributed by atoms with van der Waals surface area (Å²) in [5.74, 6) is -1.22. The smallest absolute Gasteiger partial charge is 0.317 e. The Kier molecular flexibility index (Phi) is 4.42. The molecule has 2 aliphatic rings. The Morgan fingerprint density at radius 2 is 2.25 bits per heavy atom. The number of urea groups is 1. The molecule has 0 unspecified atom stereocenters. The number of amides is 2. The number of benzene rings is 1. The maximum atomic E-state index is 13.1. The number of hydrogen-bond donors (Lipinski definition) is 2. The standard InChI is InChI=1S/C17H20ClFN2O3/c1-10(13-5-4-12(19)7-14(13)18)20-16(24)21-8-11-3-2-6-17(11,9-21)15(22)23/h4-5,7,10-11H,2-3,6,8-9H2,1H3,(H,20,24)(H,22,23)/t10-,11+,17-/m1/s1. The van der Waals surface area contributed by atoms with Crippen LogP contribution in [0.1, 0.15) is 37.8 Å². The highest BCUT2D eigenvalue weighted by molar-refractivity contribution is 6.31. The van der Waals surface area contributed by atoms with Gasteiger partial charge >= 0.3 is 12.0 Å². The van der Waals surface area contributed by atoms with Crippen molar-refractivity contribution in [3.63, 3.8) is 0 Å². The fourth-order valence-electron chi connectivity index (χ4n) is 4.00. The van der Waals surface area contributed by atoms with Gasteiger partial charge in [0.2, 0.25) is 0 Å². The Balaban J connectivity index is 1.69. The van der Waals surface area contributed by atoms with Crippen LogP contribution < -0.4 is 5.32 Å². The number of carboxylic acids is 1. The number of fused-ring (bicyclic) bond motifs is 1. The zero-order chi connectivity index (χ0) is 17.5.